The van der Waals surface area contributed by atoms with E-state index in [1.54, 1.807) is 0 Å². The van der Waals surface area contributed by atoms with Gasteiger partial charge in [0.25, 0.3) is 0 Å². The molecule has 0 unspecified atom stereocenters. The molecule has 0 heterocycles. The predicted molar refractivity (Wildman–Crippen MR) is 10.0 cm³/mol. The first kappa shape index (κ1) is 7.32. The summed E-state index contributed by atoms with van der Waals surface area (Å²) in [7, 11) is 0. The first-order valence-electron chi connectivity index (χ1n) is 0.901. The van der Waals surface area contributed by atoms with Crippen molar-refractivity contribution >= 4 is 15.3 Å². The summed E-state index contributed by atoms with van der Waals surface area (Å²) in [6.45, 7) is 0. The van der Waals surface area contributed by atoms with E-state index in [1.807, 2.05) is 0 Å². The first-order chi connectivity index (χ1) is 2.81. The van der Waals surface area contributed by atoms with Crippen LogP contribution in [0.3, 0.4) is 0 Å². The predicted octanol–water partition coefficient (Wildman–Crippen LogP) is -0.909. The summed E-state index contributed by atoms with van der Waals surface area (Å²) in [5, 5.41) is 0. The van der Waals surface area contributed by atoms with Gasteiger partial charge >= 0.3 is 57.3 Å². The van der Waals surface area contributed by atoms with Gasteiger partial charge < -0.3 is 0 Å². The van der Waals surface area contributed by atoms with Gasteiger partial charge in [-0.05, 0) is 0 Å². The molecule has 0 N–H and O–H groups in total. The molecular formula is HAsFe2O3. The molecule has 3 nitrogen and oxygen atoms in total. The third kappa shape index (κ3) is 3.51. The van der Waals surface area contributed by atoms with E-state index in [0.29, 0.717) is 0 Å². The van der Waals surface area contributed by atoms with Crippen LogP contribution < -0.4 is 0 Å². The van der Waals surface area contributed by atoms with Gasteiger partial charge in [0.1, 0.15) is 0 Å². The summed E-state index contributed by atoms with van der Waals surface area (Å²) in [6.07, 6.45) is 0. The van der Waals surface area contributed by atoms with Crippen molar-refractivity contribution in [2.45, 2.75) is 0 Å². The van der Waals surface area contributed by atoms with Crippen molar-refractivity contribution in [1.29, 1.82) is 0 Å². The van der Waals surface area contributed by atoms with Crippen LogP contribution in [0.2, 0.25) is 0 Å². The Kier molecular flexibility index (Phi) is 5.46. The van der Waals surface area contributed by atoms with E-state index in [2.05, 4.69) is 38.3 Å². The average Bonchev–Trinajstić information content (AvgIpc) is 1.65. The van der Waals surface area contributed by atoms with E-state index >= 15 is 0 Å². The molecule has 0 aliphatic heterocycles. The van der Waals surface area contributed by atoms with Crippen LogP contribution >= 0.6 is 0 Å². The summed E-state index contributed by atoms with van der Waals surface area (Å²) >= 11 is 2.85. The van der Waals surface area contributed by atoms with Crippen molar-refractivity contribution in [3.8, 4) is 0 Å². The molecule has 0 saturated carbocycles. The molecule has 0 aromatic rings. The Hall–Kier alpha value is 1.32. The summed E-state index contributed by atoms with van der Waals surface area (Å²) < 4.78 is 17.8. The fourth-order valence-corrected chi connectivity index (χ4v) is 0.920. The van der Waals surface area contributed by atoms with Crippen molar-refractivity contribution in [2.75, 3.05) is 0 Å². The monoisotopic (exact) mass is 236 g/mol. The summed E-state index contributed by atoms with van der Waals surface area (Å²) in [4.78, 5) is 0. The normalized spacial score (nSPS) is 9.83. The molecule has 40 valence electrons. The van der Waals surface area contributed by atoms with Crippen LogP contribution in [0.1, 0.15) is 0 Å². The van der Waals surface area contributed by atoms with Gasteiger partial charge in [0.2, 0.25) is 0 Å². The molecule has 0 aromatic heterocycles. The molecule has 0 amide bonds. The van der Waals surface area contributed by atoms with Crippen LogP contribution in [0, 0.1) is 0 Å². The second kappa shape index (κ2) is 4.48. The quantitative estimate of drug-likeness (QED) is 0.582. The molecule has 0 aliphatic rings. The van der Waals surface area contributed by atoms with Crippen LogP contribution in [-0.4, -0.2) is 15.3 Å². The van der Waals surface area contributed by atoms with E-state index in [4.69, 9.17) is 0 Å². The fourth-order valence-electron chi connectivity index (χ4n) is 0.0104. The third-order valence-electron chi connectivity index (χ3n) is 0.118. The molecule has 0 bridgehead atoms. The SMILES string of the molecule is O=[AsH]([O][Fe])[O][Fe]. The zero-order valence-electron chi connectivity index (χ0n) is 2.43. The molecule has 0 spiro atoms. The minimum absolute atomic E-state index is 2.85. The topological polar surface area (TPSA) is 35.5 Å². The van der Waals surface area contributed by atoms with Crippen molar-refractivity contribution in [1.82, 2.24) is 0 Å². The number of hydrogen-bond acceptors (Lipinski definition) is 3. The summed E-state index contributed by atoms with van der Waals surface area (Å²) in [6, 6.07) is 0. The van der Waals surface area contributed by atoms with Crippen molar-refractivity contribution in [3.05, 3.63) is 0 Å². The molecular weight excluding hydrogens is 235 g/mol. The molecule has 0 atom stereocenters. The van der Waals surface area contributed by atoms with Crippen molar-refractivity contribution in [3.63, 3.8) is 0 Å². The van der Waals surface area contributed by atoms with E-state index < -0.39 is 15.3 Å². The molecule has 0 fully saturated rings. The van der Waals surface area contributed by atoms with E-state index in [9.17, 15) is 3.74 Å². The van der Waals surface area contributed by atoms with Crippen LogP contribution in [0.25, 0.3) is 0 Å². The third-order valence-corrected chi connectivity index (χ3v) is 2.52. The Bertz CT molecular complexity index is 46.8. The van der Waals surface area contributed by atoms with Gasteiger partial charge in [-0.15, -0.1) is 0 Å². The van der Waals surface area contributed by atoms with Gasteiger partial charge in [0.15, 0.2) is 0 Å². The van der Waals surface area contributed by atoms with Crippen LogP contribution in [0.15, 0.2) is 0 Å². The first-order valence-corrected chi connectivity index (χ1v) is 4.37. The maximum atomic E-state index is 9.86. The Balaban J connectivity index is 2.99. The molecule has 0 aromatic carbocycles. The van der Waals surface area contributed by atoms with Gasteiger partial charge in [-0.25, -0.2) is 0 Å². The zero-order valence-corrected chi connectivity index (χ0v) is 6.74. The average molecular weight is 236 g/mol. The zero-order chi connectivity index (χ0) is 4.99. The summed E-state index contributed by atoms with van der Waals surface area (Å²) in [5.74, 6) is 0. The van der Waals surface area contributed by atoms with Crippen molar-refractivity contribution in [2.24, 2.45) is 0 Å². The minimum atomic E-state index is -2.85. The molecule has 6 heavy (non-hydrogen) atoms. The number of rotatable bonds is 2. The van der Waals surface area contributed by atoms with Gasteiger partial charge in [0.05, 0.1) is 0 Å². The van der Waals surface area contributed by atoms with Gasteiger partial charge in [-0.1, -0.05) is 0 Å². The second-order valence-corrected chi connectivity index (χ2v) is 4.39. The van der Waals surface area contributed by atoms with Gasteiger partial charge in [0, 0.05) is 0 Å². The Morgan fingerprint density at radius 2 is 1.67 bits per heavy atom. The van der Waals surface area contributed by atoms with E-state index in [1.165, 1.54) is 0 Å². The molecule has 0 rings (SSSR count). The molecule has 0 radical (unpaired) electrons. The number of hydrogen-bond donors (Lipinski definition) is 0. The van der Waals surface area contributed by atoms with Crippen LogP contribution in [0.4, 0.5) is 0 Å². The molecule has 0 saturated heterocycles. The Labute approximate surface area is 57.2 Å². The molecule has 6 heteroatoms. The van der Waals surface area contributed by atoms with E-state index in [0.717, 1.165) is 0 Å². The van der Waals surface area contributed by atoms with Gasteiger partial charge in [-0.2, -0.15) is 0 Å². The maximum absolute atomic E-state index is 9.86. The van der Waals surface area contributed by atoms with Crippen LogP contribution in [-0.2, 0) is 42.0 Å². The standard InChI is InChI=1S/AsH3O3.2Fe/c2-1(3)4;;/h1H,(H2,2,3,4);;/q;2*+1/p-2. The Morgan fingerprint density at radius 3 is 1.67 bits per heavy atom. The van der Waals surface area contributed by atoms with Gasteiger partial charge in [-0.3, -0.25) is 0 Å². The Morgan fingerprint density at radius 1 is 1.33 bits per heavy atom. The fraction of sp³-hybridized carbons (Fsp3) is 0. The van der Waals surface area contributed by atoms with E-state index in [-0.39, 0.29) is 0 Å². The second-order valence-electron chi connectivity index (χ2n) is 0.394. The summed E-state index contributed by atoms with van der Waals surface area (Å²) in [5.41, 5.74) is 0. The van der Waals surface area contributed by atoms with Crippen molar-refractivity contribution < 1.29 is 42.0 Å². The molecule has 0 aliphatic carbocycles. The van der Waals surface area contributed by atoms with Crippen LogP contribution in [0.5, 0.6) is 0 Å².